The van der Waals surface area contributed by atoms with Crippen molar-refractivity contribution in [2.45, 2.75) is 39.5 Å². The van der Waals surface area contributed by atoms with Gasteiger partial charge in [0.1, 0.15) is 19.0 Å². The topological polar surface area (TPSA) is 64.6 Å². The molecule has 1 N–H and O–H groups in total. The number of benzene rings is 2. The zero-order valence-electron chi connectivity index (χ0n) is 19.1. The van der Waals surface area contributed by atoms with Crippen molar-refractivity contribution in [2.24, 2.45) is 5.41 Å². The summed E-state index contributed by atoms with van der Waals surface area (Å²) in [5.41, 5.74) is 3.55. The van der Waals surface area contributed by atoms with Crippen molar-refractivity contribution in [2.75, 3.05) is 13.2 Å². The minimum atomic E-state index is -0.458. The fourth-order valence-corrected chi connectivity index (χ4v) is 4.85. The van der Waals surface area contributed by atoms with E-state index in [1.54, 1.807) is 0 Å². The molecule has 2 aliphatic rings. The van der Waals surface area contributed by atoms with E-state index in [-0.39, 0.29) is 24.4 Å². The number of rotatable bonds is 6. The molecule has 0 radical (unpaired) electrons. The van der Waals surface area contributed by atoms with Crippen LogP contribution in [0, 0.1) is 5.41 Å². The molecule has 0 amide bonds. The second kappa shape index (κ2) is 9.56. The van der Waals surface area contributed by atoms with E-state index in [4.69, 9.17) is 9.47 Å². The van der Waals surface area contributed by atoms with Crippen LogP contribution in [0.3, 0.4) is 0 Å². The predicted molar refractivity (Wildman–Crippen MR) is 131 cm³/mol. The van der Waals surface area contributed by atoms with Crippen LogP contribution in [0.25, 0.3) is 0 Å². The van der Waals surface area contributed by atoms with E-state index in [1.165, 1.54) is 0 Å². The number of halogens is 1. The molecule has 0 saturated carbocycles. The van der Waals surface area contributed by atoms with Crippen LogP contribution in [0.5, 0.6) is 5.75 Å². The maximum absolute atomic E-state index is 13.3. The highest BCUT2D eigenvalue weighted by atomic mass is 79.9. The molecule has 5 nitrogen and oxygen atoms in total. The fraction of sp³-hybridized carbons (Fsp3) is 0.333. The number of dihydropyridines is 1. The van der Waals surface area contributed by atoms with Crippen molar-refractivity contribution in [3.63, 3.8) is 0 Å². The number of para-hydroxylation sites is 1. The summed E-state index contributed by atoms with van der Waals surface area (Å²) in [5, 5.41) is 3.36. The van der Waals surface area contributed by atoms with Gasteiger partial charge < -0.3 is 14.8 Å². The lowest BCUT2D eigenvalue weighted by Gasteiger charge is -2.39. The normalized spacial score (nSPS) is 19.6. The van der Waals surface area contributed by atoms with Crippen molar-refractivity contribution in [3.05, 3.63) is 87.2 Å². The number of carbonyl (C=O) groups excluding carboxylic acids is 2. The number of Topliss-reactive ketones (excluding diaryl/α,β-unsaturated/α-hetero) is 1. The van der Waals surface area contributed by atoms with Gasteiger partial charge in [-0.3, -0.25) is 4.79 Å². The summed E-state index contributed by atoms with van der Waals surface area (Å²) in [4.78, 5) is 26.5. The molecule has 1 aliphatic heterocycles. The first kappa shape index (κ1) is 23.3. The van der Waals surface area contributed by atoms with Gasteiger partial charge in [0.15, 0.2) is 5.78 Å². The Morgan fingerprint density at radius 3 is 2.45 bits per heavy atom. The molecule has 0 bridgehead atoms. The van der Waals surface area contributed by atoms with Crippen molar-refractivity contribution < 1.29 is 19.1 Å². The Morgan fingerprint density at radius 2 is 1.76 bits per heavy atom. The number of ketones is 1. The third-order valence-corrected chi connectivity index (χ3v) is 6.52. The van der Waals surface area contributed by atoms with Crippen molar-refractivity contribution >= 4 is 27.7 Å². The van der Waals surface area contributed by atoms with Crippen LogP contribution in [-0.2, 0) is 14.3 Å². The standard InChI is InChI=1S/C27H28BrNO4/c1-17-23(26(31)33-14-13-32-20-7-5-4-6-8-20)24(18-9-11-19(28)12-10-18)25-21(29-17)15-27(2,3)16-22(25)30/h4-12,24,29H,13-16H2,1-3H3. The number of allylic oxidation sites excluding steroid dienone is 3. The van der Waals surface area contributed by atoms with Crippen LogP contribution < -0.4 is 10.1 Å². The monoisotopic (exact) mass is 509 g/mol. The van der Waals surface area contributed by atoms with Crippen LogP contribution >= 0.6 is 15.9 Å². The van der Waals surface area contributed by atoms with Crippen molar-refractivity contribution in [1.29, 1.82) is 0 Å². The Morgan fingerprint density at radius 1 is 1.06 bits per heavy atom. The smallest absolute Gasteiger partial charge is 0.336 e. The van der Waals surface area contributed by atoms with Crippen LogP contribution in [0.4, 0.5) is 0 Å². The van der Waals surface area contributed by atoms with Gasteiger partial charge in [-0.05, 0) is 48.6 Å². The number of ether oxygens (including phenoxy) is 2. The van der Waals surface area contributed by atoms with Crippen LogP contribution in [-0.4, -0.2) is 25.0 Å². The zero-order valence-corrected chi connectivity index (χ0v) is 20.7. The number of esters is 1. The van der Waals surface area contributed by atoms with Gasteiger partial charge in [0.2, 0.25) is 0 Å². The third kappa shape index (κ3) is 5.22. The molecule has 2 aromatic carbocycles. The van der Waals surface area contributed by atoms with Crippen molar-refractivity contribution in [3.8, 4) is 5.75 Å². The highest BCUT2D eigenvalue weighted by Gasteiger charge is 2.43. The Bertz CT molecular complexity index is 1120. The summed E-state index contributed by atoms with van der Waals surface area (Å²) in [6.07, 6.45) is 1.21. The summed E-state index contributed by atoms with van der Waals surface area (Å²) in [7, 11) is 0. The van der Waals surface area contributed by atoms with E-state index in [0.29, 0.717) is 17.6 Å². The largest absolute Gasteiger partial charge is 0.490 e. The number of hydrogen-bond acceptors (Lipinski definition) is 5. The summed E-state index contributed by atoms with van der Waals surface area (Å²) in [5.74, 6) is -0.0950. The lowest BCUT2D eigenvalue weighted by atomic mass is 9.68. The molecule has 0 fully saturated rings. The Hall–Kier alpha value is -2.86. The van der Waals surface area contributed by atoms with Crippen LogP contribution in [0.2, 0.25) is 0 Å². The molecule has 1 heterocycles. The maximum atomic E-state index is 13.3. The van der Waals surface area contributed by atoms with Gasteiger partial charge in [0.05, 0.1) is 5.57 Å². The molecule has 0 aromatic heterocycles. The molecule has 1 aliphatic carbocycles. The molecule has 1 unspecified atom stereocenters. The second-order valence-corrected chi connectivity index (χ2v) is 10.2. The van der Waals surface area contributed by atoms with E-state index in [0.717, 1.165) is 33.6 Å². The quantitative estimate of drug-likeness (QED) is 0.401. The van der Waals surface area contributed by atoms with E-state index in [2.05, 4.69) is 35.1 Å². The second-order valence-electron chi connectivity index (χ2n) is 9.28. The van der Waals surface area contributed by atoms with Crippen LogP contribution in [0.1, 0.15) is 45.1 Å². The van der Waals surface area contributed by atoms with Gasteiger partial charge >= 0.3 is 5.97 Å². The average molecular weight is 510 g/mol. The molecule has 2 aromatic rings. The van der Waals surface area contributed by atoms with Gasteiger partial charge in [-0.25, -0.2) is 4.79 Å². The summed E-state index contributed by atoms with van der Waals surface area (Å²) in [6, 6.07) is 17.2. The number of carbonyl (C=O) groups is 2. The molecular weight excluding hydrogens is 482 g/mol. The Kier molecular flexibility index (Phi) is 6.75. The zero-order chi connectivity index (χ0) is 23.6. The van der Waals surface area contributed by atoms with E-state index in [9.17, 15) is 9.59 Å². The molecule has 6 heteroatoms. The summed E-state index contributed by atoms with van der Waals surface area (Å²) < 4.78 is 12.2. The lowest BCUT2D eigenvalue weighted by molar-refractivity contribution is -0.140. The minimum Gasteiger partial charge on any atom is -0.490 e. The van der Waals surface area contributed by atoms with E-state index >= 15 is 0 Å². The van der Waals surface area contributed by atoms with Gasteiger partial charge in [-0.1, -0.05) is 60.1 Å². The molecule has 172 valence electrons. The Labute approximate surface area is 203 Å². The SMILES string of the molecule is CC1=C(C(=O)OCCOc2ccccc2)C(c2ccc(Br)cc2)C2=C(CC(C)(C)CC2=O)N1. The first-order valence-corrected chi connectivity index (χ1v) is 11.9. The van der Waals surface area contributed by atoms with Crippen molar-refractivity contribution in [1.82, 2.24) is 5.32 Å². The third-order valence-electron chi connectivity index (χ3n) is 5.99. The number of hydrogen-bond donors (Lipinski definition) is 1. The fourth-order valence-electron chi connectivity index (χ4n) is 4.58. The molecule has 4 rings (SSSR count). The Balaban J connectivity index is 1.59. The van der Waals surface area contributed by atoms with E-state index in [1.807, 2.05) is 61.5 Å². The highest BCUT2D eigenvalue weighted by Crippen LogP contribution is 2.46. The minimum absolute atomic E-state index is 0.0758. The number of nitrogens with one attached hydrogen (secondary N) is 1. The maximum Gasteiger partial charge on any atom is 0.336 e. The predicted octanol–water partition coefficient (Wildman–Crippen LogP) is 5.68. The first-order valence-electron chi connectivity index (χ1n) is 11.1. The van der Waals surface area contributed by atoms with Gasteiger partial charge in [-0.2, -0.15) is 0 Å². The lowest BCUT2D eigenvalue weighted by Crippen LogP contribution is -2.38. The molecule has 33 heavy (non-hydrogen) atoms. The van der Waals surface area contributed by atoms with Gasteiger partial charge in [0, 0.05) is 33.8 Å². The van der Waals surface area contributed by atoms with E-state index < -0.39 is 11.9 Å². The molecular formula is C27H28BrNO4. The molecule has 0 spiro atoms. The van der Waals surface area contributed by atoms with Gasteiger partial charge in [0.25, 0.3) is 0 Å². The highest BCUT2D eigenvalue weighted by molar-refractivity contribution is 9.10. The molecule has 1 atom stereocenters. The molecule has 0 saturated heterocycles. The van der Waals surface area contributed by atoms with Gasteiger partial charge in [-0.15, -0.1) is 0 Å². The summed E-state index contributed by atoms with van der Waals surface area (Å²) >= 11 is 3.47. The average Bonchev–Trinajstić information content (AvgIpc) is 2.76. The first-order chi connectivity index (χ1) is 15.7. The summed E-state index contributed by atoms with van der Waals surface area (Å²) in [6.45, 7) is 6.43. The van der Waals surface area contributed by atoms with Crippen LogP contribution in [0.15, 0.2) is 81.6 Å².